The van der Waals surface area contributed by atoms with Gasteiger partial charge in [0.2, 0.25) is 0 Å². The summed E-state index contributed by atoms with van der Waals surface area (Å²) in [6.07, 6.45) is 1.87. The monoisotopic (exact) mass is 323 g/mol. The molecule has 2 fully saturated rings. The maximum absolute atomic E-state index is 11.5. The molecule has 22 heavy (non-hydrogen) atoms. The number of hydrogen-bond acceptors (Lipinski definition) is 3. The molecule has 2 aliphatic heterocycles. The van der Waals surface area contributed by atoms with Crippen LogP contribution in [-0.4, -0.2) is 46.3 Å². The predicted octanol–water partition coefficient (Wildman–Crippen LogP) is 3.34. The molecule has 3 rings (SSSR count). The summed E-state index contributed by atoms with van der Waals surface area (Å²) >= 11 is 5.89. The predicted molar refractivity (Wildman–Crippen MR) is 86.5 cm³/mol. The van der Waals surface area contributed by atoms with Crippen molar-refractivity contribution in [1.29, 1.82) is 0 Å². The van der Waals surface area contributed by atoms with Crippen LogP contribution in [0.25, 0.3) is 0 Å². The molecule has 0 spiro atoms. The zero-order valence-electron chi connectivity index (χ0n) is 13.2. The van der Waals surface area contributed by atoms with Gasteiger partial charge in [-0.2, -0.15) is 0 Å². The third kappa shape index (κ3) is 2.14. The van der Waals surface area contributed by atoms with Gasteiger partial charge < -0.3 is 14.9 Å². The zero-order valence-corrected chi connectivity index (χ0v) is 14.0. The van der Waals surface area contributed by atoms with Crippen LogP contribution in [0.1, 0.15) is 27.2 Å². The molecule has 5 nitrogen and oxygen atoms in total. The van der Waals surface area contributed by atoms with Gasteiger partial charge in [-0.05, 0) is 24.0 Å². The smallest absolute Gasteiger partial charge is 0.407 e. The van der Waals surface area contributed by atoms with E-state index >= 15 is 0 Å². The third-order valence-electron chi connectivity index (χ3n) is 5.33. The minimum absolute atomic E-state index is 0.0380. The number of carboxylic acid groups (broad SMARTS) is 1. The van der Waals surface area contributed by atoms with Crippen molar-refractivity contribution >= 4 is 23.4 Å². The molecule has 6 heteroatoms. The Morgan fingerprint density at radius 2 is 2.18 bits per heavy atom. The van der Waals surface area contributed by atoms with Gasteiger partial charge >= 0.3 is 6.09 Å². The van der Waals surface area contributed by atoms with Gasteiger partial charge in [0, 0.05) is 25.6 Å². The molecule has 0 unspecified atom stereocenters. The summed E-state index contributed by atoms with van der Waals surface area (Å²) in [4.78, 5) is 19.5. The van der Waals surface area contributed by atoms with Crippen LogP contribution in [0.4, 0.5) is 10.5 Å². The Hall–Kier alpha value is -1.49. The molecule has 2 atom stereocenters. The number of carbonyl (C=O) groups is 1. The van der Waals surface area contributed by atoms with Crippen molar-refractivity contribution in [3.05, 3.63) is 23.5 Å². The van der Waals surface area contributed by atoms with Gasteiger partial charge in [0.25, 0.3) is 0 Å². The van der Waals surface area contributed by atoms with Crippen LogP contribution in [0.2, 0.25) is 5.15 Å². The molecular weight excluding hydrogens is 302 g/mol. The number of anilines is 1. The van der Waals surface area contributed by atoms with Crippen molar-refractivity contribution in [3.8, 4) is 0 Å². The fourth-order valence-corrected chi connectivity index (χ4v) is 4.26. The van der Waals surface area contributed by atoms with E-state index in [2.05, 4.69) is 30.7 Å². The van der Waals surface area contributed by atoms with Crippen molar-refractivity contribution in [2.24, 2.45) is 11.3 Å². The largest absolute Gasteiger partial charge is 0.465 e. The van der Waals surface area contributed by atoms with Gasteiger partial charge in [-0.25, -0.2) is 9.78 Å². The number of hydrogen-bond donors (Lipinski definition) is 1. The van der Waals surface area contributed by atoms with E-state index in [0.29, 0.717) is 24.2 Å². The minimum atomic E-state index is -0.830. The first-order chi connectivity index (χ1) is 10.3. The van der Waals surface area contributed by atoms with E-state index in [-0.39, 0.29) is 11.0 Å². The van der Waals surface area contributed by atoms with Crippen LogP contribution < -0.4 is 4.90 Å². The van der Waals surface area contributed by atoms with Crippen molar-refractivity contribution < 1.29 is 9.90 Å². The average molecular weight is 324 g/mol. The Labute approximate surface area is 135 Å². The summed E-state index contributed by atoms with van der Waals surface area (Å²) in [6, 6.07) is 3.76. The third-order valence-corrected chi connectivity index (χ3v) is 5.56. The first kappa shape index (κ1) is 15.4. The maximum atomic E-state index is 11.5. The summed E-state index contributed by atoms with van der Waals surface area (Å²) in [7, 11) is 0. The molecule has 0 saturated carbocycles. The van der Waals surface area contributed by atoms with E-state index in [1.807, 2.05) is 6.07 Å². The van der Waals surface area contributed by atoms with E-state index in [4.69, 9.17) is 11.6 Å². The van der Waals surface area contributed by atoms with Crippen molar-refractivity contribution in [1.82, 2.24) is 9.88 Å². The Morgan fingerprint density at radius 1 is 1.45 bits per heavy atom. The summed E-state index contributed by atoms with van der Waals surface area (Å²) in [5, 5.41) is 9.89. The molecule has 2 aliphatic rings. The first-order valence-corrected chi connectivity index (χ1v) is 8.00. The normalized spacial score (nSPS) is 28.1. The molecular formula is C16H22ClN3O2. The highest BCUT2D eigenvalue weighted by atomic mass is 35.5. The fourth-order valence-electron chi connectivity index (χ4n) is 4.15. The molecule has 1 aromatic heterocycles. The zero-order chi connectivity index (χ0) is 16.1. The second-order valence-electron chi connectivity index (χ2n) is 7.31. The van der Waals surface area contributed by atoms with Crippen LogP contribution in [0.5, 0.6) is 0 Å². The van der Waals surface area contributed by atoms with Crippen LogP contribution in [0.3, 0.4) is 0 Å². The number of aromatic nitrogens is 1. The molecule has 0 bridgehead atoms. The summed E-state index contributed by atoms with van der Waals surface area (Å²) in [5.41, 5.74) is 0.797. The van der Waals surface area contributed by atoms with E-state index in [1.165, 1.54) is 0 Å². The molecule has 0 aromatic carbocycles. The average Bonchev–Trinajstić information content (AvgIpc) is 2.40. The molecule has 3 heterocycles. The van der Waals surface area contributed by atoms with E-state index in [1.54, 1.807) is 17.2 Å². The Morgan fingerprint density at radius 3 is 2.73 bits per heavy atom. The highest BCUT2D eigenvalue weighted by Gasteiger charge is 2.62. The number of fused-ring (bicyclic) bond motifs is 1. The lowest BCUT2D eigenvalue weighted by Gasteiger charge is -2.68. The second kappa shape index (κ2) is 5.01. The summed E-state index contributed by atoms with van der Waals surface area (Å²) in [6.45, 7) is 8.71. The van der Waals surface area contributed by atoms with Gasteiger partial charge in [0.15, 0.2) is 0 Å². The number of likely N-dealkylation sites (tertiary alicyclic amines) is 1. The molecule has 1 amide bonds. The molecule has 120 valence electrons. The topological polar surface area (TPSA) is 56.7 Å². The summed E-state index contributed by atoms with van der Waals surface area (Å²) in [5.74, 6) is 0.513. The van der Waals surface area contributed by atoms with Crippen LogP contribution >= 0.6 is 11.6 Å². The SMILES string of the molecule is CC(C)(C)[C@]12CN(C(=O)O)CC[C@@H]1CN2c1ccc(Cl)nc1. The number of nitrogens with zero attached hydrogens (tertiary/aromatic N) is 3. The molecule has 0 radical (unpaired) electrons. The fraction of sp³-hybridized carbons (Fsp3) is 0.625. The number of rotatable bonds is 1. The van der Waals surface area contributed by atoms with Gasteiger partial charge in [-0.3, -0.25) is 0 Å². The highest BCUT2D eigenvalue weighted by molar-refractivity contribution is 6.29. The lowest BCUT2D eigenvalue weighted by Crippen LogP contribution is -2.79. The van der Waals surface area contributed by atoms with Crippen LogP contribution in [-0.2, 0) is 0 Å². The minimum Gasteiger partial charge on any atom is -0.465 e. The Balaban J connectivity index is 1.98. The second-order valence-corrected chi connectivity index (χ2v) is 7.70. The van der Waals surface area contributed by atoms with Crippen molar-refractivity contribution in [3.63, 3.8) is 0 Å². The van der Waals surface area contributed by atoms with E-state index < -0.39 is 6.09 Å². The van der Waals surface area contributed by atoms with E-state index in [0.717, 1.165) is 18.7 Å². The standard InChI is InChI=1S/C16H22ClN3O2/c1-15(2,3)16-10-19(14(21)22)7-6-11(16)9-20(16)12-4-5-13(17)18-8-12/h4-5,8,11H,6-7,9-10H2,1-3H3,(H,21,22)/t11-,16+/m1/s1. The highest BCUT2D eigenvalue weighted by Crippen LogP contribution is 2.54. The molecule has 1 N–H and O–H groups in total. The molecule has 0 aliphatic carbocycles. The number of pyridine rings is 1. The summed E-state index contributed by atoms with van der Waals surface area (Å²) < 4.78 is 0. The lowest BCUT2D eigenvalue weighted by atomic mass is 9.57. The number of halogens is 1. The quantitative estimate of drug-likeness (QED) is 0.805. The van der Waals surface area contributed by atoms with Gasteiger partial charge in [0.05, 0.1) is 17.4 Å². The Bertz CT molecular complexity index is 584. The van der Waals surface area contributed by atoms with Crippen LogP contribution in [0.15, 0.2) is 18.3 Å². The van der Waals surface area contributed by atoms with Crippen molar-refractivity contribution in [2.45, 2.75) is 32.7 Å². The lowest BCUT2D eigenvalue weighted by molar-refractivity contribution is -0.0311. The van der Waals surface area contributed by atoms with Crippen molar-refractivity contribution in [2.75, 3.05) is 24.5 Å². The molecule has 2 saturated heterocycles. The first-order valence-electron chi connectivity index (χ1n) is 7.63. The number of amides is 1. The van der Waals surface area contributed by atoms with Gasteiger partial charge in [-0.1, -0.05) is 32.4 Å². The van der Waals surface area contributed by atoms with E-state index in [9.17, 15) is 9.90 Å². The van der Waals surface area contributed by atoms with Gasteiger partial charge in [0.1, 0.15) is 5.15 Å². The van der Waals surface area contributed by atoms with Gasteiger partial charge in [-0.15, -0.1) is 0 Å². The Kier molecular flexibility index (Phi) is 3.51. The molecule has 1 aromatic rings. The maximum Gasteiger partial charge on any atom is 0.407 e. The van der Waals surface area contributed by atoms with Crippen LogP contribution in [0, 0.1) is 11.3 Å². The number of piperidine rings is 1.